The van der Waals surface area contributed by atoms with E-state index in [-0.39, 0.29) is 10.0 Å². The fraction of sp³-hybridized carbons (Fsp3) is 0. The molecule has 3 rings (SSSR count). The highest BCUT2D eigenvalue weighted by Gasteiger charge is 2.11. The molecule has 17 heavy (non-hydrogen) atoms. The van der Waals surface area contributed by atoms with Crippen LogP contribution in [0, 0.1) is 0 Å². The average Bonchev–Trinajstić information content (AvgIpc) is 2.36. The van der Waals surface area contributed by atoms with Crippen molar-refractivity contribution < 1.29 is 0 Å². The minimum absolute atomic E-state index is 0.00875. The van der Waals surface area contributed by atoms with Gasteiger partial charge in [-0.2, -0.15) is 0 Å². The number of nitrogens with zero attached hydrogens (tertiary/aromatic N) is 1. The van der Waals surface area contributed by atoms with E-state index >= 15 is 0 Å². The lowest BCUT2D eigenvalue weighted by Gasteiger charge is -2.05. The highest BCUT2D eigenvalue weighted by atomic mass is 35.5. The van der Waals surface area contributed by atoms with E-state index < -0.39 is 5.56 Å². The first-order chi connectivity index (χ1) is 8.18. The van der Waals surface area contributed by atoms with Gasteiger partial charge >= 0.3 is 0 Å². The second kappa shape index (κ2) is 3.72. The molecule has 5 heteroatoms. The van der Waals surface area contributed by atoms with Gasteiger partial charge in [-0.05, 0) is 6.07 Å². The number of pyridine rings is 2. The van der Waals surface area contributed by atoms with Gasteiger partial charge < -0.3 is 4.98 Å². The average molecular weight is 265 g/mol. The molecule has 0 amide bonds. The van der Waals surface area contributed by atoms with E-state index in [9.17, 15) is 4.79 Å². The molecule has 3 nitrogen and oxygen atoms in total. The highest BCUT2D eigenvalue weighted by Crippen LogP contribution is 2.29. The lowest BCUT2D eigenvalue weighted by atomic mass is 10.1. The summed E-state index contributed by atoms with van der Waals surface area (Å²) in [5.41, 5.74) is 0.922. The van der Waals surface area contributed by atoms with Crippen molar-refractivity contribution in [2.24, 2.45) is 0 Å². The van der Waals surface area contributed by atoms with Crippen LogP contribution in [0.25, 0.3) is 21.8 Å². The zero-order valence-electron chi connectivity index (χ0n) is 8.50. The maximum atomic E-state index is 11.6. The molecule has 3 aromatic rings. The van der Waals surface area contributed by atoms with Crippen LogP contribution in [-0.4, -0.2) is 9.97 Å². The van der Waals surface area contributed by atoms with Crippen LogP contribution in [0.4, 0.5) is 0 Å². The molecule has 2 heterocycles. The topological polar surface area (TPSA) is 45.8 Å². The molecule has 0 saturated heterocycles. The quantitative estimate of drug-likeness (QED) is 0.633. The SMILES string of the molecule is O=c1[nH]c2c(ccc3cccnc32)c(Cl)c1Cl. The van der Waals surface area contributed by atoms with Crippen molar-refractivity contribution in [3.05, 3.63) is 50.9 Å². The van der Waals surface area contributed by atoms with Gasteiger partial charge in [-0.1, -0.05) is 41.4 Å². The summed E-state index contributed by atoms with van der Waals surface area (Å²) in [4.78, 5) is 18.6. The van der Waals surface area contributed by atoms with Crippen LogP contribution in [-0.2, 0) is 0 Å². The Morgan fingerprint density at radius 3 is 2.76 bits per heavy atom. The van der Waals surface area contributed by atoms with E-state index in [1.165, 1.54) is 0 Å². The van der Waals surface area contributed by atoms with Crippen LogP contribution in [0.3, 0.4) is 0 Å². The van der Waals surface area contributed by atoms with Crippen LogP contribution >= 0.6 is 23.2 Å². The minimum atomic E-state index is -0.401. The van der Waals surface area contributed by atoms with Gasteiger partial charge in [-0.15, -0.1) is 0 Å². The van der Waals surface area contributed by atoms with Crippen molar-refractivity contribution in [2.75, 3.05) is 0 Å². The van der Waals surface area contributed by atoms with Crippen LogP contribution in [0.2, 0.25) is 10.0 Å². The summed E-state index contributed by atoms with van der Waals surface area (Å²) in [6.07, 6.45) is 1.67. The fourth-order valence-electron chi connectivity index (χ4n) is 1.84. The molecule has 0 aliphatic heterocycles. The standard InChI is InChI=1S/C12H6Cl2N2O/c13-8-7-4-3-6-2-1-5-15-10(6)11(7)16-12(17)9(8)14/h1-5H,(H,16,17). The summed E-state index contributed by atoms with van der Waals surface area (Å²) in [7, 11) is 0. The maximum Gasteiger partial charge on any atom is 0.268 e. The number of benzene rings is 1. The van der Waals surface area contributed by atoms with Crippen molar-refractivity contribution in [3.8, 4) is 0 Å². The molecule has 2 aromatic heterocycles. The molecular weight excluding hydrogens is 259 g/mol. The molecular formula is C12H6Cl2N2O. The molecule has 84 valence electrons. The van der Waals surface area contributed by atoms with Crippen LogP contribution < -0.4 is 5.56 Å². The maximum absolute atomic E-state index is 11.6. The third-order valence-electron chi connectivity index (χ3n) is 2.64. The highest BCUT2D eigenvalue weighted by molar-refractivity contribution is 6.45. The summed E-state index contributed by atoms with van der Waals surface area (Å²) in [6, 6.07) is 7.47. The summed E-state index contributed by atoms with van der Waals surface area (Å²) < 4.78 is 0. The first-order valence-corrected chi connectivity index (χ1v) is 5.69. The lowest BCUT2D eigenvalue weighted by Crippen LogP contribution is -2.07. The van der Waals surface area contributed by atoms with E-state index in [1.54, 1.807) is 6.20 Å². The second-order valence-corrected chi connectivity index (χ2v) is 4.40. The summed E-state index contributed by atoms with van der Waals surface area (Å²) in [5.74, 6) is 0. The van der Waals surface area contributed by atoms with Gasteiger partial charge in [0, 0.05) is 17.0 Å². The Labute approximate surface area is 106 Å². The Hall–Kier alpha value is -1.58. The molecule has 0 fully saturated rings. The normalized spacial score (nSPS) is 11.2. The molecule has 1 N–H and O–H groups in total. The number of halogens is 2. The third kappa shape index (κ3) is 1.51. The first-order valence-electron chi connectivity index (χ1n) is 4.93. The van der Waals surface area contributed by atoms with E-state index in [1.807, 2.05) is 24.3 Å². The van der Waals surface area contributed by atoms with Crippen LogP contribution in [0.5, 0.6) is 0 Å². The molecule has 0 unspecified atom stereocenters. The molecule has 0 spiro atoms. The number of H-pyrrole nitrogens is 1. The van der Waals surface area contributed by atoms with Gasteiger partial charge in [-0.25, -0.2) is 0 Å². The molecule has 0 aliphatic carbocycles. The van der Waals surface area contributed by atoms with E-state index in [2.05, 4.69) is 9.97 Å². The first kappa shape index (κ1) is 10.6. The van der Waals surface area contributed by atoms with E-state index in [0.717, 1.165) is 5.39 Å². The Bertz CT molecular complexity index is 795. The number of fused-ring (bicyclic) bond motifs is 3. The number of rotatable bonds is 0. The van der Waals surface area contributed by atoms with Crippen LogP contribution in [0.1, 0.15) is 0 Å². The van der Waals surface area contributed by atoms with Crippen molar-refractivity contribution in [2.45, 2.75) is 0 Å². The van der Waals surface area contributed by atoms with Crippen LogP contribution in [0.15, 0.2) is 35.3 Å². The third-order valence-corrected chi connectivity index (χ3v) is 3.49. The Morgan fingerprint density at radius 1 is 1.12 bits per heavy atom. The number of nitrogens with one attached hydrogen (secondary N) is 1. The minimum Gasteiger partial charge on any atom is -0.319 e. The summed E-state index contributed by atoms with van der Waals surface area (Å²) in [5, 5.41) is 1.91. The Balaban J connectivity index is 2.64. The smallest absolute Gasteiger partial charge is 0.268 e. The predicted octanol–water partition coefficient (Wildman–Crippen LogP) is 3.38. The van der Waals surface area contributed by atoms with Crippen molar-refractivity contribution in [1.82, 2.24) is 9.97 Å². The van der Waals surface area contributed by atoms with E-state index in [0.29, 0.717) is 16.4 Å². The zero-order valence-corrected chi connectivity index (χ0v) is 10.0. The van der Waals surface area contributed by atoms with Gasteiger partial charge in [0.05, 0.1) is 16.1 Å². The van der Waals surface area contributed by atoms with Gasteiger partial charge in [-0.3, -0.25) is 9.78 Å². The Morgan fingerprint density at radius 2 is 1.94 bits per heavy atom. The predicted molar refractivity (Wildman–Crippen MR) is 69.9 cm³/mol. The van der Waals surface area contributed by atoms with Gasteiger partial charge in [0.2, 0.25) is 0 Å². The molecule has 0 radical (unpaired) electrons. The lowest BCUT2D eigenvalue weighted by molar-refractivity contribution is 1.30. The van der Waals surface area contributed by atoms with Gasteiger partial charge in [0.1, 0.15) is 5.02 Å². The summed E-state index contributed by atoms with van der Waals surface area (Å²) in [6.45, 7) is 0. The molecule has 0 aliphatic rings. The van der Waals surface area contributed by atoms with Gasteiger partial charge in [0.15, 0.2) is 0 Å². The number of hydrogen-bond donors (Lipinski definition) is 1. The summed E-state index contributed by atoms with van der Waals surface area (Å²) >= 11 is 11.9. The zero-order chi connectivity index (χ0) is 12.0. The number of aromatic nitrogens is 2. The molecule has 0 bridgehead atoms. The largest absolute Gasteiger partial charge is 0.319 e. The fourth-order valence-corrected chi connectivity index (χ4v) is 2.23. The van der Waals surface area contributed by atoms with Crippen molar-refractivity contribution in [1.29, 1.82) is 0 Å². The van der Waals surface area contributed by atoms with Gasteiger partial charge in [0.25, 0.3) is 5.56 Å². The molecule has 1 aromatic carbocycles. The monoisotopic (exact) mass is 264 g/mol. The molecule has 0 saturated carbocycles. The van der Waals surface area contributed by atoms with Crippen molar-refractivity contribution in [3.63, 3.8) is 0 Å². The number of aromatic amines is 1. The van der Waals surface area contributed by atoms with Crippen molar-refractivity contribution >= 4 is 45.0 Å². The second-order valence-electron chi connectivity index (χ2n) is 3.65. The van der Waals surface area contributed by atoms with E-state index in [4.69, 9.17) is 23.2 Å². The molecule has 0 atom stereocenters. The number of hydrogen-bond acceptors (Lipinski definition) is 2. The Kier molecular flexibility index (Phi) is 2.31.